The van der Waals surface area contributed by atoms with Gasteiger partial charge in [-0.15, -0.1) is 11.3 Å². The van der Waals surface area contributed by atoms with Crippen molar-refractivity contribution in [3.8, 4) is 33.0 Å². The van der Waals surface area contributed by atoms with Crippen LogP contribution in [0.3, 0.4) is 0 Å². The predicted molar refractivity (Wildman–Crippen MR) is 145 cm³/mol. The number of hydrogen-bond acceptors (Lipinski definition) is 6. The summed E-state index contributed by atoms with van der Waals surface area (Å²) in [5, 5.41) is 9.70. The normalized spacial score (nSPS) is 11.7. The van der Waals surface area contributed by atoms with Crippen LogP contribution in [-0.4, -0.2) is 49.9 Å². The number of aromatic nitrogens is 5. The average Bonchev–Trinajstić information content (AvgIpc) is 3.60. The number of benzene rings is 1. The number of nitrogens with zero attached hydrogens (tertiary/aromatic N) is 4. The molecule has 6 aromatic rings. The molecule has 0 unspecified atom stereocenters. The van der Waals surface area contributed by atoms with Gasteiger partial charge in [-0.2, -0.15) is 5.10 Å². The molecule has 0 fully saturated rings. The van der Waals surface area contributed by atoms with E-state index in [2.05, 4.69) is 60.4 Å². The molecule has 0 bridgehead atoms. The van der Waals surface area contributed by atoms with Gasteiger partial charge in [0.25, 0.3) is 0 Å². The topological polar surface area (TPSA) is 90.6 Å². The monoisotopic (exact) mass is 492 g/mol. The SMILES string of the molecule is CC(=O)c1ccc(-c2cccc3[nH]c(-c4n[nH]c5ncc(-c6cncc(CN(C)C)c6)cc45)cc23)s1. The summed E-state index contributed by atoms with van der Waals surface area (Å²) < 4.78 is 0. The quantitative estimate of drug-likeness (QED) is 0.272. The molecule has 5 heterocycles. The van der Waals surface area contributed by atoms with Crippen molar-refractivity contribution in [3.05, 3.63) is 77.6 Å². The molecule has 178 valence electrons. The van der Waals surface area contributed by atoms with Crippen LogP contribution in [0, 0.1) is 0 Å². The summed E-state index contributed by atoms with van der Waals surface area (Å²) in [4.78, 5) is 28.4. The van der Waals surface area contributed by atoms with E-state index in [1.165, 1.54) is 11.3 Å². The second kappa shape index (κ2) is 8.82. The molecule has 0 saturated heterocycles. The molecule has 6 rings (SSSR count). The lowest BCUT2D eigenvalue weighted by atomic mass is 10.1. The van der Waals surface area contributed by atoms with Crippen molar-refractivity contribution in [1.29, 1.82) is 0 Å². The minimum Gasteiger partial charge on any atom is -0.353 e. The maximum atomic E-state index is 11.8. The fourth-order valence-electron chi connectivity index (χ4n) is 4.53. The van der Waals surface area contributed by atoms with Crippen molar-refractivity contribution >= 4 is 39.1 Å². The molecule has 7 nitrogen and oxygen atoms in total. The lowest BCUT2D eigenvalue weighted by Crippen LogP contribution is -2.10. The summed E-state index contributed by atoms with van der Waals surface area (Å²) in [6, 6.07) is 16.5. The number of rotatable bonds is 6. The Bertz CT molecular complexity index is 1740. The standard InChI is InChI=1S/C28H24N6OS/c1-16(35)25-7-8-26(36-25)20-5-4-6-23-21(20)11-24(31-23)27-22-10-19(14-30-28(22)33-32-27)18-9-17(12-29-13-18)15-34(2)3/h4-14,31H,15H2,1-3H3,(H,30,32,33). The zero-order valence-electron chi connectivity index (χ0n) is 20.2. The van der Waals surface area contributed by atoms with Gasteiger partial charge < -0.3 is 9.88 Å². The smallest absolute Gasteiger partial charge is 0.169 e. The van der Waals surface area contributed by atoms with Crippen molar-refractivity contribution in [2.75, 3.05) is 14.1 Å². The van der Waals surface area contributed by atoms with Gasteiger partial charge >= 0.3 is 0 Å². The maximum absolute atomic E-state index is 11.8. The van der Waals surface area contributed by atoms with Crippen LogP contribution in [0.5, 0.6) is 0 Å². The van der Waals surface area contributed by atoms with Gasteiger partial charge in [0.1, 0.15) is 5.69 Å². The molecule has 0 saturated carbocycles. The van der Waals surface area contributed by atoms with E-state index in [-0.39, 0.29) is 5.78 Å². The highest BCUT2D eigenvalue weighted by Crippen LogP contribution is 2.37. The highest BCUT2D eigenvalue weighted by atomic mass is 32.1. The summed E-state index contributed by atoms with van der Waals surface area (Å²) in [6.07, 6.45) is 5.62. The van der Waals surface area contributed by atoms with E-state index in [0.717, 1.165) is 71.9 Å². The van der Waals surface area contributed by atoms with Crippen LogP contribution < -0.4 is 0 Å². The highest BCUT2D eigenvalue weighted by molar-refractivity contribution is 7.17. The van der Waals surface area contributed by atoms with E-state index in [9.17, 15) is 4.79 Å². The van der Waals surface area contributed by atoms with Crippen molar-refractivity contribution in [2.45, 2.75) is 13.5 Å². The van der Waals surface area contributed by atoms with Crippen LogP contribution >= 0.6 is 11.3 Å². The highest BCUT2D eigenvalue weighted by Gasteiger charge is 2.16. The summed E-state index contributed by atoms with van der Waals surface area (Å²) in [5.41, 5.74) is 7.72. The molecule has 1 aromatic carbocycles. The molecular formula is C28H24N6OS. The number of ketones is 1. The zero-order valence-corrected chi connectivity index (χ0v) is 21.0. The molecule has 5 aromatic heterocycles. The summed E-state index contributed by atoms with van der Waals surface area (Å²) in [6.45, 7) is 2.42. The second-order valence-electron chi connectivity index (χ2n) is 9.18. The fraction of sp³-hybridized carbons (Fsp3) is 0.143. The molecule has 36 heavy (non-hydrogen) atoms. The van der Waals surface area contributed by atoms with Crippen molar-refractivity contribution in [1.82, 2.24) is 30.0 Å². The summed E-state index contributed by atoms with van der Waals surface area (Å²) in [5.74, 6) is 0.0851. The number of H-pyrrole nitrogens is 2. The number of carbonyl (C=O) groups excluding carboxylic acids is 1. The van der Waals surface area contributed by atoms with Gasteiger partial charge in [-0.05, 0) is 63.0 Å². The Morgan fingerprint density at radius 3 is 2.67 bits per heavy atom. The van der Waals surface area contributed by atoms with E-state index in [4.69, 9.17) is 0 Å². The van der Waals surface area contributed by atoms with Crippen molar-refractivity contribution < 1.29 is 4.79 Å². The molecule has 0 aliphatic carbocycles. The van der Waals surface area contributed by atoms with Gasteiger partial charge in [-0.3, -0.25) is 14.9 Å². The number of pyridine rings is 2. The number of Topliss-reactive ketones (excluding diaryl/α,β-unsaturated/α-hetero) is 1. The van der Waals surface area contributed by atoms with Gasteiger partial charge in [0.05, 0.1) is 10.6 Å². The van der Waals surface area contributed by atoms with Crippen LogP contribution in [0.15, 0.2) is 67.1 Å². The predicted octanol–water partition coefficient (Wildman–Crippen LogP) is 6.16. The van der Waals surface area contributed by atoms with Crippen molar-refractivity contribution in [3.63, 3.8) is 0 Å². The number of hydrogen-bond donors (Lipinski definition) is 2. The molecule has 0 aliphatic rings. The minimum atomic E-state index is 0.0851. The van der Waals surface area contributed by atoms with Crippen LogP contribution in [0.2, 0.25) is 0 Å². The molecule has 0 amide bonds. The Kier molecular flexibility index (Phi) is 5.47. The number of thiophene rings is 1. The Hall–Kier alpha value is -4.14. The lowest BCUT2D eigenvalue weighted by Gasteiger charge is -2.10. The first-order valence-corrected chi connectivity index (χ1v) is 12.4. The number of aromatic amines is 2. The van der Waals surface area contributed by atoms with Crippen LogP contribution in [0.4, 0.5) is 0 Å². The molecule has 0 atom stereocenters. The number of carbonyl (C=O) groups is 1. The zero-order chi connectivity index (χ0) is 24.8. The van der Waals surface area contributed by atoms with E-state index in [1.54, 1.807) is 6.92 Å². The fourth-order valence-corrected chi connectivity index (χ4v) is 5.47. The second-order valence-corrected chi connectivity index (χ2v) is 10.3. The van der Waals surface area contributed by atoms with Gasteiger partial charge in [-0.1, -0.05) is 12.1 Å². The molecule has 0 spiro atoms. The van der Waals surface area contributed by atoms with E-state index < -0.39 is 0 Å². The molecule has 8 heteroatoms. The molecular weight excluding hydrogens is 468 g/mol. The van der Waals surface area contributed by atoms with Gasteiger partial charge in [-0.25, -0.2) is 4.98 Å². The van der Waals surface area contributed by atoms with E-state index >= 15 is 0 Å². The molecule has 0 aliphatic heterocycles. The average molecular weight is 493 g/mol. The number of fused-ring (bicyclic) bond motifs is 2. The molecule has 2 N–H and O–H groups in total. The van der Waals surface area contributed by atoms with Gasteiger partial charge in [0, 0.05) is 63.0 Å². The summed E-state index contributed by atoms with van der Waals surface area (Å²) >= 11 is 1.52. The van der Waals surface area contributed by atoms with Crippen LogP contribution in [-0.2, 0) is 6.54 Å². The summed E-state index contributed by atoms with van der Waals surface area (Å²) in [7, 11) is 4.09. The van der Waals surface area contributed by atoms with E-state index in [0.29, 0.717) is 0 Å². The first kappa shape index (κ1) is 22.3. The van der Waals surface area contributed by atoms with Gasteiger partial charge in [0.15, 0.2) is 11.4 Å². The Balaban J connectivity index is 1.43. The third-order valence-corrected chi connectivity index (χ3v) is 7.40. The lowest BCUT2D eigenvalue weighted by molar-refractivity contribution is 0.102. The largest absolute Gasteiger partial charge is 0.353 e. The minimum absolute atomic E-state index is 0.0851. The maximum Gasteiger partial charge on any atom is 0.169 e. The van der Waals surface area contributed by atoms with Crippen molar-refractivity contribution in [2.24, 2.45) is 0 Å². The Labute approximate surface area is 211 Å². The van der Waals surface area contributed by atoms with Gasteiger partial charge in [0.2, 0.25) is 0 Å². The Morgan fingerprint density at radius 2 is 1.86 bits per heavy atom. The third kappa shape index (κ3) is 4.00. The number of nitrogens with one attached hydrogen (secondary N) is 2. The first-order valence-electron chi connectivity index (χ1n) is 11.6. The third-order valence-electron chi connectivity index (χ3n) is 6.18. The van der Waals surface area contributed by atoms with Crippen LogP contribution in [0.25, 0.3) is 54.9 Å². The molecule has 0 radical (unpaired) electrons. The van der Waals surface area contributed by atoms with E-state index in [1.807, 2.05) is 50.9 Å². The first-order chi connectivity index (χ1) is 17.5. The Morgan fingerprint density at radius 1 is 1.00 bits per heavy atom. The van der Waals surface area contributed by atoms with Crippen LogP contribution in [0.1, 0.15) is 22.2 Å².